The first-order chi connectivity index (χ1) is 13.3. The van der Waals surface area contributed by atoms with Crippen LogP contribution in [0.2, 0.25) is 5.02 Å². The highest BCUT2D eigenvalue weighted by Gasteiger charge is 2.35. The Morgan fingerprint density at radius 1 is 1.39 bits per heavy atom. The van der Waals surface area contributed by atoms with Crippen LogP contribution in [0.15, 0.2) is 24.4 Å². The molecule has 1 fully saturated rings. The molecular formula is C18H19ClFN5O3. The second kappa shape index (κ2) is 7.06. The Morgan fingerprint density at radius 2 is 2.18 bits per heavy atom. The van der Waals surface area contributed by atoms with Crippen LogP contribution in [0.1, 0.15) is 19.0 Å². The van der Waals surface area contributed by atoms with E-state index in [-0.39, 0.29) is 42.5 Å². The van der Waals surface area contributed by atoms with Crippen molar-refractivity contribution in [2.24, 2.45) is 0 Å². The van der Waals surface area contributed by atoms with E-state index >= 15 is 0 Å². The predicted molar refractivity (Wildman–Crippen MR) is 101 cm³/mol. The van der Waals surface area contributed by atoms with Crippen molar-refractivity contribution in [2.75, 3.05) is 16.8 Å². The molecule has 28 heavy (non-hydrogen) atoms. The summed E-state index contributed by atoms with van der Waals surface area (Å²) in [6.45, 7) is 2.83. The minimum atomic E-state index is -0.701. The highest BCUT2D eigenvalue weighted by atomic mass is 35.5. The number of aliphatic hydroxyl groups excluding tert-OH is 1. The zero-order chi connectivity index (χ0) is 20.0. The van der Waals surface area contributed by atoms with Crippen molar-refractivity contribution in [1.29, 1.82) is 0 Å². The topological polar surface area (TPSA) is 90.7 Å². The standard InChI is InChI=1S/C18H19ClFN5O3/c1-10-7-25-16(15(6-21-25)24-8-12(26)5-17(24)27)9-23(10)18(28)22-11-2-3-14(20)13(19)4-11/h2-4,6,10,12,26H,5,7-9H2,1H3,(H,22,28)/t10-,12?/m0/s1. The van der Waals surface area contributed by atoms with Crippen LogP contribution < -0.4 is 10.2 Å². The molecule has 2 aliphatic heterocycles. The molecule has 1 aromatic carbocycles. The zero-order valence-electron chi connectivity index (χ0n) is 15.1. The molecule has 0 aliphatic carbocycles. The number of anilines is 2. The van der Waals surface area contributed by atoms with Gasteiger partial charge in [-0.25, -0.2) is 9.18 Å². The van der Waals surface area contributed by atoms with Crippen LogP contribution in [-0.4, -0.2) is 50.4 Å². The smallest absolute Gasteiger partial charge is 0.322 e. The molecule has 2 atom stereocenters. The number of urea groups is 1. The number of rotatable bonds is 2. The number of carbonyl (C=O) groups is 2. The molecule has 1 unspecified atom stereocenters. The summed E-state index contributed by atoms with van der Waals surface area (Å²) < 4.78 is 15.1. The molecule has 2 aliphatic rings. The monoisotopic (exact) mass is 407 g/mol. The van der Waals surface area contributed by atoms with E-state index in [0.29, 0.717) is 17.9 Å². The van der Waals surface area contributed by atoms with Gasteiger partial charge in [0.15, 0.2) is 0 Å². The van der Waals surface area contributed by atoms with Gasteiger partial charge in [0.05, 0.1) is 60.8 Å². The van der Waals surface area contributed by atoms with Gasteiger partial charge in [-0.2, -0.15) is 5.10 Å². The van der Waals surface area contributed by atoms with E-state index in [1.165, 1.54) is 23.1 Å². The van der Waals surface area contributed by atoms with Crippen molar-refractivity contribution in [2.45, 2.75) is 38.6 Å². The first-order valence-corrected chi connectivity index (χ1v) is 9.27. The lowest BCUT2D eigenvalue weighted by molar-refractivity contribution is -0.117. The van der Waals surface area contributed by atoms with E-state index in [9.17, 15) is 19.1 Å². The summed E-state index contributed by atoms with van der Waals surface area (Å²) in [6, 6.07) is 3.48. The number of amides is 3. The zero-order valence-corrected chi connectivity index (χ0v) is 15.9. The second-order valence-electron chi connectivity index (χ2n) is 7.06. The third kappa shape index (κ3) is 3.31. The molecule has 148 valence electrons. The molecule has 2 N–H and O–H groups in total. The maximum Gasteiger partial charge on any atom is 0.322 e. The van der Waals surface area contributed by atoms with Gasteiger partial charge in [0.1, 0.15) is 5.82 Å². The Labute approximate surface area is 165 Å². The fraction of sp³-hybridized carbons (Fsp3) is 0.389. The maximum absolute atomic E-state index is 13.3. The molecule has 3 amide bonds. The number of nitrogens with one attached hydrogen (secondary N) is 1. The number of halogens is 2. The van der Waals surface area contributed by atoms with Crippen molar-refractivity contribution in [3.05, 3.63) is 40.9 Å². The van der Waals surface area contributed by atoms with Crippen molar-refractivity contribution >= 4 is 34.9 Å². The summed E-state index contributed by atoms with van der Waals surface area (Å²) in [6.07, 6.45) is 0.976. The summed E-state index contributed by atoms with van der Waals surface area (Å²) >= 11 is 5.77. The number of benzene rings is 1. The average Bonchev–Trinajstić information content (AvgIpc) is 3.19. The first kappa shape index (κ1) is 18.7. The molecule has 8 nitrogen and oxygen atoms in total. The van der Waals surface area contributed by atoms with Crippen LogP contribution in [0.25, 0.3) is 0 Å². The van der Waals surface area contributed by atoms with Gasteiger partial charge in [0, 0.05) is 5.69 Å². The van der Waals surface area contributed by atoms with E-state index in [0.717, 1.165) is 5.69 Å². The number of β-amino-alcohol motifs (C(OH)–C–C–N with tert-alkyl or cyclic N) is 1. The summed E-state index contributed by atoms with van der Waals surface area (Å²) in [5.74, 6) is -0.726. The number of aromatic nitrogens is 2. The number of hydrogen-bond acceptors (Lipinski definition) is 4. The molecule has 0 saturated carbocycles. The number of nitrogens with zero attached hydrogens (tertiary/aromatic N) is 4. The first-order valence-electron chi connectivity index (χ1n) is 8.89. The lowest BCUT2D eigenvalue weighted by atomic mass is 10.2. The Kier molecular flexibility index (Phi) is 4.72. The average molecular weight is 408 g/mol. The van der Waals surface area contributed by atoms with Gasteiger partial charge in [-0.15, -0.1) is 0 Å². The summed E-state index contributed by atoms with van der Waals surface area (Å²) in [4.78, 5) is 28.1. The maximum atomic E-state index is 13.3. The minimum Gasteiger partial charge on any atom is -0.391 e. The lowest BCUT2D eigenvalue weighted by Crippen LogP contribution is -2.47. The normalized spacial score (nSPS) is 21.8. The number of aliphatic hydroxyl groups is 1. The Bertz CT molecular complexity index is 949. The summed E-state index contributed by atoms with van der Waals surface area (Å²) in [5.41, 5.74) is 1.73. The minimum absolute atomic E-state index is 0.0732. The molecule has 0 radical (unpaired) electrons. The molecule has 0 spiro atoms. The Hall–Kier alpha value is -2.65. The van der Waals surface area contributed by atoms with Gasteiger partial charge in [-0.05, 0) is 25.1 Å². The largest absolute Gasteiger partial charge is 0.391 e. The SMILES string of the molecule is C[C@H]1Cn2ncc(N3CC(O)CC3=O)c2CN1C(=O)Nc1ccc(F)c(Cl)c1. The molecular weight excluding hydrogens is 389 g/mol. The van der Waals surface area contributed by atoms with Crippen LogP contribution in [0.3, 0.4) is 0 Å². The van der Waals surface area contributed by atoms with Gasteiger partial charge in [0.25, 0.3) is 0 Å². The number of hydrogen-bond donors (Lipinski definition) is 2. The van der Waals surface area contributed by atoms with Crippen LogP contribution in [0.4, 0.5) is 20.6 Å². The van der Waals surface area contributed by atoms with Crippen LogP contribution in [-0.2, 0) is 17.9 Å². The molecule has 4 rings (SSSR count). The van der Waals surface area contributed by atoms with Crippen molar-refractivity contribution in [3.63, 3.8) is 0 Å². The lowest BCUT2D eigenvalue weighted by Gasteiger charge is -2.35. The highest BCUT2D eigenvalue weighted by Crippen LogP contribution is 2.30. The summed E-state index contributed by atoms with van der Waals surface area (Å²) in [5, 5.41) is 16.7. The van der Waals surface area contributed by atoms with Gasteiger partial charge in [-0.1, -0.05) is 11.6 Å². The van der Waals surface area contributed by atoms with Crippen molar-refractivity contribution < 1.29 is 19.1 Å². The Morgan fingerprint density at radius 3 is 2.86 bits per heavy atom. The summed E-state index contributed by atoms with van der Waals surface area (Å²) in [7, 11) is 0. The molecule has 3 heterocycles. The third-order valence-corrected chi connectivity index (χ3v) is 5.33. The fourth-order valence-corrected chi connectivity index (χ4v) is 3.76. The van der Waals surface area contributed by atoms with E-state index in [1.54, 1.807) is 15.8 Å². The van der Waals surface area contributed by atoms with E-state index in [4.69, 9.17) is 11.6 Å². The van der Waals surface area contributed by atoms with Crippen LogP contribution in [0.5, 0.6) is 0 Å². The fourth-order valence-electron chi connectivity index (χ4n) is 3.57. The van der Waals surface area contributed by atoms with E-state index < -0.39 is 11.9 Å². The molecule has 2 aromatic rings. The van der Waals surface area contributed by atoms with Crippen molar-refractivity contribution in [1.82, 2.24) is 14.7 Å². The predicted octanol–water partition coefficient (Wildman–Crippen LogP) is 2.21. The van der Waals surface area contributed by atoms with E-state index in [2.05, 4.69) is 10.4 Å². The highest BCUT2D eigenvalue weighted by molar-refractivity contribution is 6.31. The number of carbonyl (C=O) groups excluding carboxylic acids is 2. The molecule has 0 bridgehead atoms. The molecule has 1 aromatic heterocycles. The van der Waals surface area contributed by atoms with Crippen LogP contribution >= 0.6 is 11.6 Å². The van der Waals surface area contributed by atoms with Gasteiger partial charge in [-0.3, -0.25) is 9.48 Å². The number of fused-ring (bicyclic) bond motifs is 1. The van der Waals surface area contributed by atoms with Crippen LogP contribution in [0, 0.1) is 5.82 Å². The molecule has 1 saturated heterocycles. The quantitative estimate of drug-likeness (QED) is 0.798. The van der Waals surface area contributed by atoms with E-state index in [1.807, 2.05) is 6.92 Å². The molecule has 10 heteroatoms. The van der Waals surface area contributed by atoms with Gasteiger partial charge >= 0.3 is 6.03 Å². The van der Waals surface area contributed by atoms with Crippen molar-refractivity contribution in [3.8, 4) is 0 Å². The van der Waals surface area contributed by atoms with Gasteiger partial charge < -0.3 is 20.2 Å². The second-order valence-corrected chi connectivity index (χ2v) is 7.46. The third-order valence-electron chi connectivity index (χ3n) is 5.04. The Balaban J connectivity index is 1.55. The van der Waals surface area contributed by atoms with Gasteiger partial charge in [0.2, 0.25) is 5.91 Å².